The lowest BCUT2D eigenvalue weighted by atomic mass is 9.90. The van der Waals surface area contributed by atoms with Crippen LogP contribution in [-0.4, -0.2) is 58.6 Å². The number of rotatable bonds is 11. The van der Waals surface area contributed by atoms with Gasteiger partial charge < -0.3 is 20.1 Å². The zero-order valence-corrected chi connectivity index (χ0v) is 17.9. The first-order valence-corrected chi connectivity index (χ1v) is 9.87. The van der Waals surface area contributed by atoms with Gasteiger partial charge in [0.25, 0.3) is 5.91 Å². The Morgan fingerprint density at radius 3 is 2.16 bits per heavy atom. The Balaban J connectivity index is 2.80. The molecule has 1 rings (SSSR count). The summed E-state index contributed by atoms with van der Waals surface area (Å²) < 4.78 is 40.5. The number of ether oxygens (including phenoxy) is 1. The van der Waals surface area contributed by atoms with Crippen molar-refractivity contribution < 1.29 is 37.8 Å². The zero-order chi connectivity index (χ0) is 23.8. The van der Waals surface area contributed by atoms with Crippen LogP contribution in [0.5, 0.6) is 5.75 Å². The number of hydroxylamine groups is 1. The van der Waals surface area contributed by atoms with Crippen molar-refractivity contribution in [1.82, 2.24) is 10.4 Å². The predicted octanol–water partition coefficient (Wildman–Crippen LogP) is 2.76. The lowest BCUT2D eigenvalue weighted by molar-refractivity contribution is -0.274. The average molecular weight is 449 g/mol. The van der Waals surface area contributed by atoms with Gasteiger partial charge >= 0.3 is 6.36 Å². The van der Waals surface area contributed by atoms with E-state index < -0.39 is 30.2 Å². The third-order valence-electron chi connectivity index (χ3n) is 4.48. The Bertz CT molecular complexity index is 711. The molecular formula is C20H30F3N3O5. The summed E-state index contributed by atoms with van der Waals surface area (Å²) in [5, 5.41) is 22.0. The molecule has 176 valence electrons. The minimum Gasteiger partial charge on any atom is -0.406 e. The maximum Gasteiger partial charge on any atom is 0.573 e. The molecule has 31 heavy (non-hydrogen) atoms. The van der Waals surface area contributed by atoms with E-state index in [1.807, 2.05) is 13.8 Å². The average Bonchev–Trinajstić information content (AvgIpc) is 2.67. The van der Waals surface area contributed by atoms with Crippen molar-refractivity contribution in [2.24, 2.45) is 11.8 Å². The van der Waals surface area contributed by atoms with Crippen LogP contribution in [0.2, 0.25) is 0 Å². The molecule has 0 spiro atoms. The number of benzene rings is 1. The Morgan fingerprint density at radius 1 is 1.13 bits per heavy atom. The van der Waals surface area contributed by atoms with Gasteiger partial charge in [0.05, 0.1) is 5.92 Å². The van der Waals surface area contributed by atoms with Crippen molar-refractivity contribution in [2.75, 3.05) is 18.4 Å². The fraction of sp³-hybridized carbons (Fsp3) is 0.600. The first-order valence-electron chi connectivity index (χ1n) is 9.87. The number of carbonyl (C=O) groups is 2. The number of nitrogens with zero attached hydrogens (tertiary/aromatic N) is 1. The van der Waals surface area contributed by atoms with E-state index in [1.165, 1.54) is 34.6 Å². The highest BCUT2D eigenvalue weighted by atomic mass is 19.4. The van der Waals surface area contributed by atoms with Crippen molar-refractivity contribution in [3.05, 3.63) is 24.3 Å². The molecule has 8 nitrogen and oxygen atoms in total. The summed E-state index contributed by atoms with van der Waals surface area (Å²) in [5.41, 5.74) is 1.90. The molecule has 0 aromatic heterocycles. The summed E-state index contributed by atoms with van der Waals surface area (Å²) in [6.45, 7) is 7.76. The highest BCUT2D eigenvalue weighted by Gasteiger charge is 2.36. The summed E-state index contributed by atoms with van der Waals surface area (Å²) >= 11 is 0. The molecule has 1 aromatic carbocycles. The lowest BCUT2D eigenvalue weighted by Crippen LogP contribution is -2.50. The van der Waals surface area contributed by atoms with Gasteiger partial charge in [-0.2, -0.15) is 0 Å². The molecule has 0 bridgehead atoms. The molecule has 0 saturated heterocycles. The van der Waals surface area contributed by atoms with Crippen LogP contribution in [0.4, 0.5) is 18.9 Å². The van der Waals surface area contributed by atoms with Crippen molar-refractivity contribution >= 4 is 17.5 Å². The molecule has 2 amide bonds. The van der Waals surface area contributed by atoms with Crippen LogP contribution in [0.25, 0.3) is 0 Å². The van der Waals surface area contributed by atoms with E-state index in [0.29, 0.717) is 5.69 Å². The molecule has 0 saturated carbocycles. The molecular weight excluding hydrogens is 419 g/mol. The molecule has 0 aliphatic heterocycles. The number of hydrogen-bond acceptors (Lipinski definition) is 6. The van der Waals surface area contributed by atoms with Gasteiger partial charge in [0.15, 0.2) is 0 Å². The van der Waals surface area contributed by atoms with E-state index in [4.69, 9.17) is 5.21 Å². The van der Waals surface area contributed by atoms with Crippen LogP contribution in [-0.2, 0) is 9.59 Å². The van der Waals surface area contributed by atoms with Crippen LogP contribution in [0, 0.1) is 11.8 Å². The van der Waals surface area contributed by atoms with Gasteiger partial charge in [-0.3, -0.25) is 14.8 Å². The van der Waals surface area contributed by atoms with Crippen LogP contribution >= 0.6 is 0 Å². The van der Waals surface area contributed by atoms with E-state index in [2.05, 4.69) is 10.1 Å². The number of halogens is 3. The van der Waals surface area contributed by atoms with E-state index >= 15 is 0 Å². The van der Waals surface area contributed by atoms with Crippen molar-refractivity contribution in [3.63, 3.8) is 0 Å². The summed E-state index contributed by atoms with van der Waals surface area (Å²) in [4.78, 5) is 26.2. The van der Waals surface area contributed by atoms with E-state index in [9.17, 15) is 27.9 Å². The summed E-state index contributed by atoms with van der Waals surface area (Å²) in [6.07, 6.45) is -6.22. The fourth-order valence-electron chi connectivity index (χ4n) is 3.05. The summed E-state index contributed by atoms with van der Waals surface area (Å²) in [5.74, 6) is -2.85. The maximum atomic E-state index is 13.1. The quantitative estimate of drug-likeness (QED) is 0.305. The number of hydrogen-bond donors (Lipinski definition) is 4. The van der Waals surface area contributed by atoms with Crippen LogP contribution < -0.4 is 15.5 Å². The Morgan fingerprint density at radius 2 is 1.71 bits per heavy atom. The normalized spacial score (nSPS) is 13.6. The molecule has 4 N–H and O–H groups in total. The molecule has 0 aliphatic carbocycles. The molecule has 0 aliphatic rings. The zero-order valence-electron chi connectivity index (χ0n) is 17.9. The fourth-order valence-corrected chi connectivity index (χ4v) is 3.05. The second kappa shape index (κ2) is 11.8. The molecule has 0 heterocycles. The largest absolute Gasteiger partial charge is 0.573 e. The highest BCUT2D eigenvalue weighted by Crippen LogP contribution is 2.24. The van der Waals surface area contributed by atoms with Gasteiger partial charge in [-0.05, 0) is 50.5 Å². The first kappa shape index (κ1) is 26.5. The highest BCUT2D eigenvalue weighted by molar-refractivity contribution is 5.88. The third-order valence-corrected chi connectivity index (χ3v) is 4.48. The Kier molecular flexibility index (Phi) is 10.0. The Hall–Kier alpha value is -2.53. The number of alkyl halides is 3. The van der Waals surface area contributed by atoms with Gasteiger partial charge in [0, 0.05) is 24.8 Å². The minimum atomic E-state index is -4.77. The summed E-state index contributed by atoms with van der Waals surface area (Å²) in [6, 6.07) is 4.93. The molecule has 2 atom stereocenters. The molecule has 0 fully saturated rings. The van der Waals surface area contributed by atoms with Gasteiger partial charge in [-0.25, -0.2) is 5.48 Å². The first-order chi connectivity index (χ1) is 14.4. The van der Waals surface area contributed by atoms with Crippen molar-refractivity contribution in [1.29, 1.82) is 0 Å². The number of aliphatic hydroxyl groups excluding tert-OH is 1. The maximum absolute atomic E-state index is 13.1. The predicted molar refractivity (Wildman–Crippen MR) is 107 cm³/mol. The van der Waals surface area contributed by atoms with Crippen LogP contribution in [0.15, 0.2) is 24.3 Å². The Labute approximate surface area is 179 Å². The van der Waals surface area contributed by atoms with E-state index in [-0.39, 0.29) is 37.2 Å². The second-order valence-corrected chi connectivity index (χ2v) is 7.78. The number of anilines is 1. The molecule has 11 heteroatoms. The van der Waals surface area contributed by atoms with Gasteiger partial charge in [-0.1, -0.05) is 13.8 Å². The van der Waals surface area contributed by atoms with Gasteiger partial charge in [0.1, 0.15) is 11.9 Å². The molecule has 0 radical (unpaired) electrons. The smallest absolute Gasteiger partial charge is 0.406 e. The number of aliphatic hydroxyl groups is 1. The van der Waals surface area contributed by atoms with Gasteiger partial charge in [-0.15, -0.1) is 13.2 Å². The van der Waals surface area contributed by atoms with E-state index in [0.717, 1.165) is 0 Å². The van der Waals surface area contributed by atoms with Crippen molar-refractivity contribution in [3.8, 4) is 5.75 Å². The molecule has 0 unspecified atom stereocenters. The van der Waals surface area contributed by atoms with Crippen LogP contribution in [0.3, 0.4) is 0 Å². The summed E-state index contributed by atoms with van der Waals surface area (Å²) in [7, 11) is 0. The second-order valence-electron chi connectivity index (χ2n) is 7.78. The number of carbonyl (C=O) groups excluding carboxylic acids is 2. The SMILES string of the molecule is CC(C)C[C@H](C(=O)N(CCNc1ccc(OC(F)(F)F)cc1)C(C)C)[C@H](O)C(=O)NO. The number of nitrogens with one attached hydrogen (secondary N) is 2. The molecule has 1 aromatic rings. The van der Waals surface area contributed by atoms with Gasteiger partial charge in [0.2, 0.25) is 5.91 Å². The van der Waals surface area contributed by atoms with Crippen LogP contribution in [0.1, 0.15) is 34.1 Å². The topological polar surface area (TPSA) is 111 Å². The minimum absolute atomic E-state index is 0.0136. The van der Waals surface area contributed by atoms with E-state index in [1.54, 1.807) is 13.8 Å². The third kappa shape index (κ3) is 9.01. The number of amides is 2. The monoisotopic (exact) mass is 449 g/mol. The lowest BCUT2D eigenvalue weighted by Gasteiger charge is -2.33. The van der Waals surface area contributed by atoms with Crippen molar-refractivity contribution in [2.45, 2.75) is 52.6 Å². The standard InChI is InChI=1S/C20H30F3N3O5/c1-12(2)11-16(17(27)18(28)25-30)19(29)26(13(3)4)10-9-24-14-5-7-15(8-6-14)31-20(21,22)23/h5-8,12-13,16-17,24,27,30H,9-11H2,1-4H3,(H,25,28)/t16-,17-/m0/s1.